The lowest BCUT2D eigenvalue weighted by molar-refractivity contribution is -0.380. The summed E-state index contributed by atoms with van der Waals surface area (Å²) in [5.74, 6) is 0.822. The first-order valence-corrected chi connectivity index (χ1v) is 8.13. The summed E-state index contributed by atoms with van der Waals surface area (Å²) in [6, 6.07) is 4.02. The summed E-state index contributed by atoms with van der Waals surface area (Å²) in [6.45, 7) is 7.97. The van der Waals surface area contributed by atoms with E-state index in [0.717, 1.165) is 17.3 Å². The van der Waals surface area contributed by atoms with Crippen molar-refractivity contribution in [2.45, 2.75) is 52.6 Å². The molecular formula is C15H22N2O2S. The summed E-state index contributed by atoms with van der Waals surface area (Å²) in [5.41, 5.74) is 0.771. The van der Waals surface area contributed by atoms with Gasteiger partial charge in [-0.1, -0.05) is 32.1 Å². The number of thiophene rings is 1. The zero-order chi connectivity index (χ0) is 14.5. The predicted octanol–water partition coefficient (Wildman–Crippen LogP) is 3.96. The molecule has 2 aliphatic carbocycles. The van der Waals surface area contributed by atoms with Gasteiger partial charge in [-0.3, -0.25) is 10.1 Å². The Morgan fingerprint density at radius 1 is 1.45 bits per heavy atom. The normalized spacial score (nSPS) is 34.5. The Hall–Kier alpha value is -0.940. The lowest BCUT2D eigenvalue weighted by atomic mass is 9.69. The van der Waals surface area contributed by atoms with Crippen LogP contribution < -0.4 is 5.32 Å². The SMILES string of the molecule is CC1(C)C2CCC1(C)C(NCc1ccc([N+](=O)[O-])s1)C2. The molecule has 3 atom stereocenters. The number of hydrogen-bond acceptors (Lipinski definition) is 4. The first kappa shape index (κ1) is 14.0. The van der Waals surface area contributed by atoms with E-state index in [2.05, 4.69) is 26.1 Å². The zero-order valence-corrected chi connectivity index (χ0v) is 13.1. The van der Waals surface area contributed by atoms with Crippen LogP contribution in [0.5, 0.6) is 0 Å². The quantitative estimate of drug-likeness (QED) is 0.675. The first-order chi connectivity index (χ1) is 9.34. The van der Waals surface area contributed by atoms with Crippen LogP contribution in [-0.2, 0) is 6.54 Å². The van der Waals surface area contributed by atoms with Gasteiger partial charge in [-0.05, 0) is 42.1 Å². The minimum absolute atomic E-state index is 0.237. The lowest BCUT2D eigenvalue weighted by Gasteiger charge is -2.39. The van der Waals surface area contributed by atoms with Crippen LogP contribution in [0.3, 0.4) is 0 Å². The Morgan fingerprint density at radius 2 is 2.20 bits per heavy atom. The maximum Gasteiger partial charge on any atom is 0.324 e. The van der Waals surface area contributed by atoms with Gasteiger partial charge in [-0.2, -0.15) is 0 Å². The molecule has 0 saturated heterocycles. The number of nitro groups is 1. The fourth-order valence-corrected chi connectivity index (χ4v) is 5.07. The van der Waals surface area contributed by atoms with Gasteiger partial charge in [0.25, 0.3) is 0 Å². The third kappa shape index (κ3) is 1.91. The molecule has 20 heavy (non-hydrogen) atoms. The molecule has 1 aromatic rings. The summed E-state index contributed by atoms with van der Waals surface area (Å²) in [7, 11) is 0. The number of nitrogens with one attached hydrogen (secondary N) is 1. The van der Waals surface area contributed by atoms with Crippen molar-refractivity contribution in [1.29, 1.82) is 0 Å². The molecule has 0 aromatic carbocycles. The van der Waals surface area contributed by atoms with E-state index < -0.39 is 0 Å². The van der Waals surface area contributed by atoms with E-state index in [4.69, 9.17) is 0 Å². The molecule has 2 fully saturated rings. The molecule has 1 N–H and O–H groups in total. The molecule has 2 bridgehead atoms. The summed E-state index contributed by atoms with van der Waals surface area (Å²) in [5, 5.41) is 14.6. The third-order valence-electron chi connectivity index (χ3n) is 6.14. The van der Waals surface area contributed by atoms with E-state index in [9.17, 15) is 10.1 Å². The summed E-state index contributed by atoms with van der Waals surface area (Å²) in [6.07, 6.45) is 3.90. The summed E-state index contributed by atoms with van der Waals surface area (Å²) >= 11 is 1.28. The van der Waals surface area contributed by atoms with Crippen LogP contribution in [0.2, 0.25) is 0 Å². The molecule has 5 heteroatoms. The highest BCUT2D eigenvalue weighted by Crippen LogP contribution is 2.65. The second-order valence-electron chi connectivity index (χ2n) is 7.04. The van der Waals surface area contributed by atoms with Crippen LogP contribution in [0.25, 0.3) is 0 Å². The predicted molar refractivity (Wildman–Crippen MR) is 80.8 cm³/mol. The van der Waals surface area contributed by atoms with Crippen LogP contribution in [0, 0.1) is 26.9 Å². The van der Waals surface area contributed by atoms with Crippen molar-refractivity contribution >= 4 is 16.3 Å². The second kappa shape index (κ2) is 4.53. The molecule has 1 aromatic heterocycles. The fourth-order valence-electron chi connectivity index (χ4n) is 4.30. The smallest absolute Gasteiger partial charge is 0.309 e. The van der Waals surface area contributed by atoms with Gasteiger partial charge in [0.1, 0.15) is 0 Å². The largest absolute Gasteiger partial charge is 0.324 e. The lowest BCUT2D eigenvalue weighted by Crippen LogP contribution is -2.44. The van der Waals surface area contributed by atoms with Crippen molar-refractivity contribution < 1.29 is 4.92 Å². The highest BCUT2D eigenvalue weighted by atomic mass is 32.1. The van der Waals surface area contributed by atoms with Crippen molar-refractivity contribution in [3.8, 4) is 0 Å². The minimum atomic E-state index is -0.309. The molecular weight excluding hydrogens is 272 g/mol. The van der Waals surface area contributed by atoms with E-state index in [0.29, 0.717) is 16.9 Å². The topological polar surface area (TPSA) is 55.2 Å². The van der Waals surface area contributed by atoms with Crippen LogP contribution in [-0.4, -0.2) is 11.0 Å². The molecule has 1 heterocycles. The average molecular weight is 294 g/mol. The molecule has 4 nitrogen and oxygen atoms in total. The van der Waals surface area contributed by atoms with Crippen molar-refractivity contribution in [2.24, 2.45) is 16.7 Å². The Bertz CT molecular complexity index is 540. The first-order valence-electron chi connectivity index (χ1n) is 7.31. The van der Waals surface area contributed by atoms with E-state index in [1.165, 1.54) is 30.6 Å². The standard InChI is InChI=1S/C15H22N2O2S/c1-14(2)10-6-7-15(14,3)12(8-10)16-9-11-4-5-13(20-11)17(18)19/h4-5,10,12,16H,6-9H2,1-3H3. The van der Waals surface area contributed by atoms with Gasteiger partial charge in [-0.15, -0.1) is 0 Å². The van der Waals surface area contributed by atoms with Crippen LogP contribution in [0.4, 0.5) is 5.00 Å². The van der Waals surface area contributed by atoms with Gasteiger partial charge in [0.05, 0.1) is 4.92 Å². The number of fused-ring (bicyclic) bond motifs is 2. The molecule has 2 aliphatic rings. The summed E-state index contributed by atoms with van der Waals surface area (Å²) < 4.78 is 0. The van der Waals surface area contributed by atoms with Crippen molar-refractivity contribution in [1.82, 2.24) is 5.32 Å². The number of nitrogens with zero attached hydrogens (tertiary/aromatic N) is 1. The molecule has 0 amide bonds. The van der Waals surface area contributed by atoms with Gasteiger partial charge >= 0.3 is 5.00 Å². The van der Waals surface area contributed by atoms with E-state index in [1.54, 1.807) is 6.07 Å². The molecule has 110 valence electrons. The Balaban J connectivity index is 1.66. The summed E-state index contributed by atoms with van der Waals surface area (Å²) in [4.78, 5) is 11.5. The van der Waals surface area contributed by atoms with Gasteiger partial charge in [0, 0.05) is 23.5 Å². The Morgan fingerprint density at radius 3 is 2.70 bits per heavy atom. The number of hydrogen-bond donors (Lipinski definition) is 1. The third-order valence-corrected chi connectivity index (χ3v) is 7.18. The molecule has 3 unspecified atom stereocenters. The van der Waals surface area contributed by atoms with Gasteiger partial charge in [0.15, 0.2) is 0 Å². The van der Waals surface area contributed by atoms with Crippen molar-refractivity contribution in [3.63, 3.8) is 0 Å². The Labute approximate surface area is 123 Å². The van der Waals surface area contributed by atoms with Gasteiger partial charge < -0.3 is 5.32 Å². The van der Waals surface area contributed by atoms with E-state index in [1.807, 2.05) is 6.07 Å². The maximum absolute atomic E-state index is 10.7. The van der Waals surface area contributed by atoms with Gasteiger partial charge in [-0.25, -0.2) is 0 Å². The van der Waals surface area contributed by atoms with Crippen LogP contribution >= 0.6 is 11.3 Å². The average Bonchev–Trinajstić information content (AvgIpc) is 2.98. The highest BCUT2D eigenvalue weighted by molar-refractivity contribution is 7.15. The van der Waals surface area contributed by atoms with E-state index in [-0.39, 0.29) is 9.92 Å². The van der Waals surface area contributed by atoms with Crippen LogP contribution in [0.15, 0.2) is 12.1 Å². The minimum Gasteiger partial charge on any atom is -0.309 e. The molecule has 0 radical (unpaired) electrons. The zero-order valence-electron chi connectivity index (χ0n) is 12.3. The molecule has 3 rings (SSSR count). The van der Waals surface area contributed by atoms with Gasteiger partial charge in [0.2, 0.25) is 0 Å². The fraction of sp³-hybridized carbons (Fsp3) is 0.733. The number of rotatable bonds is 4. The molecule has 0 aliphatic heterocycles. The molecule has 0 spiro atoms. The monoisotopic (exact) mass is 294 g/mol. The molecule has 2 saturated carbocycles. The van der Waals surface area contributed by atoms with Crippen molar-refractivity contribution in [2.75, 3.05) is 0 Å². The Kier molecular flexibility index (Phi) is 3.18. The highest BCUT2D eigenvalue weighted by Gasteiger charge is 2.60. The van der Waals surface area contributed by atoms with Crippen LogP contribution in [0.1, 0.15) is 44.9 Å². The second-order valence-corrected chi connectivity index (χ2v) is 8.19. The van der Waals surface area contributed by atoms with Crippen molar-refractivity contribution in [3.05, 3.63) is 27.1 Å². The maximum atomic E-state index is 10.7. The van der Waals surface area contributed by atoms with E-state index >= 15 is 0 Å².